The van der Waals surface area contributed by atoms with Gasteiger partial charge >= 0.3 is 0 Å². The molecule has 2 aliphatic heterocycles. The normalized spacial score (nSPS) is 25.2. The molecule has 0 aliphatic carbocycles. The van der Waals surface area contributed by atoms with E-state index < -0.39 is 0 Å². The van der Waals surface area contributed by atoms with Crippen LogP contribution in [0, 0.1) is 0 Å². The molecule has 21 heavy (non-hydrogen) atoms. The Kier molecular flexibility index (Phi) is 5.01. The van der Waals surface area contributed by atoms with Gasteiger partial charge in [-0.15, -0.1) is 0 Å². The van der Waals surface area contributed by atoms with Crippen LogP contribution in [0.3, 0.4) is 0 Å². The number of anilines is 1. The minimum Gasteiger partial charge on any atom is -0.369 e. The fourth-order valence-electron chi connectivity index (χ4n) is 3.59. The van der Waals surface area contributed by atoms with E-state index in [1.54, 1.807) is 0 Å². The van der Waals surface area contributed by atoms with Crippen LogP contribution in [-0.4, -0.2) is 56.3 Å². The van der Waals surface area contributed by atoms with E-state index in [-0.39, 0.29) is 0 Å². The molecule has 0 spiro atoms. The Morgan fingerprint density at radius 3 is 2.71 bits per heavy atom. The van der Waals surface area contributed by atoms with Gasteiger partial charge in [-0.25, -0.2) is 0 Å². The van der Waals surface area contributed by atoms with Crippen molar-refractivity contribution in [2.75, 3.05) is 44.2 Å². The first kappa shape index (κ1) is 15.1. The number of nitrogens with one attached hydrogen (secondary N) is 1. The molecule has 5 heteroatoms. The molecule has 1 aromatic carbocycles. The Bertz CT molecular complexity index is 453. The third kappa shape index (κ3) is 3.51. The predicted octanol–water partition coefficient (Wildman–Crippen LogP) is 1.54. The Balaban J connectivity index is 1.59. The van der Waals surface area contributed by atoms with Gasteiger partial charge in [-0.05, 0) is 37.6 Å². The first-order chi connectivity index (χ1) is 10.3. The van der Waals surface area contributed by atoms with E-state index in [0.29, 0.717) is 12.1 Å². The zero-order chi connectivity index (χ0) is 14.7. The van der Waals surface area contributed by atoms with Gasteiger partial charge in [0.05, 0.1) is 0 Å². The summed E-state index contributed by atoms with van der Waals surface area (Å²) in [6.45, 7) is 6.13. The maximum atomic E-state index is 6.09. The number of benzene rings is 1. The summed E-state index contributed by atoms with van der Waals surface area (Å²) in [4.78, 5) is 4.97. The first-order valence-electron chi connectivity index (χ1n) is 7.96. The van der Waals surface area contributed by atoms with Gasteiger partial charge in [-0.2, -0.15) is 0 Å². The summed E-state index contributed by atoms with van der Waals surface area (Å²) in [6.07, 6.45) is 2.54. The van der Waals surface area contributed by atoms with E-state index in [2.05, 4.69) is 27.2 Å². The second-order valence-corrected chi connectivity index (χ2v) is 6.45. The van der Waals surface area contributed by atoms with E-state index in [4.69, 9.17) is 17.3 Å². The summed E-state index contributed by atoms with van der Waals surface area (Å²) >= 11 is 6.09. The van der Waals surface area contributed by atoms with Gasteiger partial charge in [-0.3, -0.25) is 4.90 Å². The number of halogens is 1. The Morgan fingerprint density at radius 2 is 2.10 bits per heavy atom. The van der Waals surface area contributed by atoms with Crippen molar-refractivity contribution in [2.24, 2.45) is 5.73 Å². The van der Waals surface area contributed by atoms with Crippen LogP contribution in [0.15, 0.2) is 24.3 Å². The fourth-order valence-corrected chi connectivity index (χ4v) is 3.78. The van der Waals surface area contributed by atoms with Gasteiger partial charge in [-0.1, -0.05) is 17.7 Å². The molecule has 0 amide bonds. The molecule has 3 rings (SSSR count). The molecule has 116 valence electrons. The van der Waals surface area contributed by atoms with E-state index >= 15 is 0 Å². The second-order valence-electron chi connectivity index (χ2n) is 6.01. The molecular formula is C16H25ClN4. The average molecular weight is 309 g/mol. The van der Waals surface area contributed by atoms with Crippen molar-refractivity contribution in [2.45, 2.75) is 24.9 Å². The Labute approximate surface area is 132 Å². The highest BCUT2D eigenvalue weighted by atomic mass is 35.5. The van der Waals surface area contributed by atoms with Crippen molar-refractivity contribution >= 4 is 17.3 Å². The number of hydrogen-bond donors (Lipinski definition) is 2. The Hall–Kier alpha value is -0.810. The highest BCUT2D eigenvalue weighted by Crippen LogP contribution is 2.22. The maximum Gasteiger partial charge on any atom is 0.0426 e. The third-order valence-electron chi connectivity index (χ3n) is 4.76. The molecule has 0 radical (unpaired) electrons. The topological polar surface area (TPSA) is 44.5 Å². The summed E-state index contributed by atoms with van der Waals surface area (Å²) in [5.41, 5.74) is 7.26. The molecule has 0 bridgehead atoms. The van der Waals surface area contributed by atoms with Crippen molar-refractivity contribution in [3.05, 3.63) is 29.3 Å². The van der Waals surface area contributed by atoms with Crippen LogP contribution in [-0.2, 0) is 0 Å². The summed E-state index contributed by atoms with van der Waals surface area (Å²) in [5.74, 6) is 0. The van der Waals surface area contributed by atoms with Crippen LogP contribution in [0.2, 0.25) is 5.02 Å². The lowest BCUT2D eigenvalue weighted by atomic mass is 10.0. The number of rotatable bonds is 4. The van der Waals surface area contributed by atoms with Crippen LogP contribution in [0.5, 0.6) is 0 Å². The second kappa shape index (κ2) is 6.97. The van der Waals surface area contributed by atoms with Gasteiger partial charge < -0.3 is 16.0 Å². The van der Waals surface area contributed by atoms with Crippen LogP contribution in [0.4, 0.5) is 5.69 Å². The SMILES string of the molecule is NCC(C1CCCN1)N1CCN(c2cccc(Cl)c2)CC1. The molecule has 0 saturated carbocycles. The van der Waals surface area contributed by atoms with Crippen LogP contribution >= 0.6 is 11.6 Å². The van der Waals surface area contributed by atoms with E-state index in [9.17, 15) is 0 Å². The lowest BCUT2D eigenvalue weighted by Crippen LogP contribution is -2.58. The van der Waals surface area contributed by atoms with Crippen molar-refractivity contribution in [3.8, 4) is 0 Å². The van der Waals surface area contributed by atoms with Crippen molar-refractivity contribution in [1.82, 2.24) is 10.2 Å². The summed E-state index contributed by atoms with van der Waals surface area (Å²) < 4.78 is 0. The van der Waals surface area contributed by atoms with Crippen molar-refractivity contribution in [3.63, 3.8) is 0 Å². The number of hydrogen-bond acceptors (Lipinski definition) is 4. The molecule has 2 atom stereocenters. The number of nitrogens with two attached hydrogens (primary N) is 1. The molecule has 3 N–H and O–H groups in total. The number of piperazine rings is 1. The molecule has 2 fully saturated rings. The van der Waals surface area contributed by atoms with Gasteiger partial charge in [0.15, 0.2) is 0 Å². The molecule has 0 aromatic heterocycles. The zero-order valence-corrected chi connectivity index (χ0v) is 13.2. The minimum absolute atomic E-state index is 0.481. The summed E-state index contributed by atoms with van der Waals surface area (Å²) in [5, 5.41) is 4.41. The molecule has 2 unspecified atom stereocenters. The average Bonchev–Trinajstić information content (AvgIpc) is 3.03. The van der Waals surface area contributed by atoms with Crippen LogP contribution in [0.1, 0.15) is 12.8 Å². The smallest absolute Gasteiger partial charge is 0.0426 e. The lowest BCUT2D eigenvalue weighted by molar-refractivity contribution is 0.158. The van der Waals surface area contributed by atoms with Gasteiger partial charge in [0.1, 0.15) is 0 Å². The molecule has 2 aliphatic rings. The largest absolute Gasteiger partial charge is 0.369 e. The van der Waals surface area contributed by atoms with Crippen molar-refractivity contribution < 1.29 is 0 Å². The summed E-state index contributed by atoms with van der Waals surface area (Å²) in [6, 6.07) is 9.20. The molecule has 4 nitrogen and oxygen atoms in total. The molecule has 1 aromatic rings. The van der Waals surface area contributed by atoms with Crippen LogP contribution in [0.25, 0.3) is 0 Å². The lowest BCUT2D eigenvalue weighted by Gasteiger charge is -2.42. The summed E-state index contributed by atoms with van der Waals surface area (Å²) in [7, 11) is 0. The van der Waals surface area contributed by atoms with Gasteiger partial charge in [0, 0.05) is 55.5 Å². The molecule has 2 heterocycles. The van der Waals surface area contributed by atoms with Gasteiger partial charge in [0.2, 0.25) is 0 Å². The predicted molar refractivity (Wildman–Crippen MR) is 89.1 cm³/mol. The van der Waals surface area contributed by atoms with Crippen LogP contribution < -0.4 is 16.0 Å². The van der Waals surface area contributed by atoms with Crippen molar-refractivity contribution in [1.29, 1.82) is 0 Å². The number of nitrogens with zero attached hydrogens (tertiary/aromatic N) is 2. The first-order valence-corrected chi connectivity index (χ1v) is 8.34. The third-order valence-corrected chi connectivity index (χ3v) is 5.00. The molecular weight excluding hydrogens is 284 g/mol. The molecule has 2 saturated heterocycles. The zero-order valence-electron chi connectivity index (χ0n) is 12.5. The highest BCUT2D eigenvalue weighted by molar-refractivity contribution is 6.30. The minimum atomic E-state index is 0.481. The van der Waals surface area contributed by atoms with E-state index in [1.807, 2.05) is 12.1 Å². The fraction of sp³-hybridized carbons (Fsp3) is 0.625. The quantitative estimate of drug-likeness (QED) is 0.886. The van der Waals surface area contributed by atoms with E-state index in [0.717, 1.165) is 44.3 Å². The monoisotopic (exact) mass is 308 g/mol. The maximum absolute atomic E-state index is 6.09. The highest BCUT2D eigenvalue weighted by Gasteiger charge is 2.30. The van der Waals surface area contributed by atoms with E-state index in [1.165, 1.54) is 18.5 Å². The Morgan fingerprint density at radius 1 is 1.29 bits per heavy atom. The van der Waals surface area contributed by atoms with Gasteiger partial charge in [0.25, 0.3) is 0 Å². The standard InChI is InChI=1S/C16H25ClN4/c17-13-3-1-4-14(11-13)20-7-9-21(10-8-20)16(12-18)15-5-2-6-19-15/h1,3-4,11,15-16,19H,2,5-10,12,18H2.